The summed E-state index contributed by atoms with van der Waals surface area (Å²) < 4.78 is 3.62. The van der Waals surface area contributed by atoms with Crippen molar-refractivity contribution in [2.24, 2.45) is 7.05 Å². The standard InChI is InChI=1S/C10H13ClN4/c1-7-4-5-15(12-7)10-9(6-11)8(2)13-14(10)3/h4-5H,6H2,1-3H3. The maximum atomic E-state index is 5.91. The van der Waals surface area contributed by atoms with Gasteiger partial charge in [-0.15, -0.1) is 11.6 Å². The number of hydrogen-bond donors (Lipinski definition) is 0. The lowest BCUT2D eigenvalue weighted by molar-refractivity contribution is 0.689. The summed E-state index contributed by atoms with van der Waals surface area (Å²) in [5.41, 5.74) is 2.97. The van der Waals surface area contributed by atoms with Gasteiger partial charge in [0.1, 0.15) is 0 Å². The van der Waals surface area contributed by atoms with Crippen LogP contribution in [0.4, 0.5) is 0 Å². The lowest BCUT2D eigenvalue weighted by Gasteiger charge is -2.03. The van der Waals surface area contributed by atoms with Crippen molar-refractivity contribution in [1.82, 2.24) is 19.6 Å². The van der Waals surface area contributed by atoms with E-state index < -0.39 is 0 Å². The van der Waals surface area contributed by atoms with Crippen LogP contribution >= 0.6 is 11.6 Å². The Morgan fingerprint density at radius 2 is 2.07 bits per heavy atom. The Bertz CT molecular complexity index is 484. The van der Waals surface area contributed by atoms with E-state index in [2.05, 4.69) is 10.2 Å². The zero-order chi connectivity index (χ0) is 11.0. The van der Waals surface area contributed by atoms with E-state index in [0.29, 0.717) is 5.88 Å². The van der Waals surface area contributed by atoms with Crippen LogP contribution in [-0.4, -0.2) is 19.6 Å². The van der Waals surface area contributed by atoms with Gasteiger partial charge >= 0.3 is 0 Å². The molecule has 0 aliphatic heterocycles. The van der Waals surface area contributed by atoms with Gasteiger partial charge in [0.15, 0.2) is 5.82 Å². The maximum Gasteiger partial charge on any atom is 0.156 e. The lowest BCUT2D eigenvalue weighted by atomic mass is 10.3. The number of alkyl halides is 1. The average molecular weight is 225 g/mol. The van der Waals surface area contributed by atoms with Crippen LogP contribution < -0.4 is 0 Å². The van der Waals surface area contributed by atoms with Gasteiger partial charge in [-0.05, 0) is 19.9 Å². The second-order valence-electron chi connectivity index (χ2n) is 3.55. The smallest absolute Gasteiger partial charge is 0.156 e. The largest absolute Gasteiger partial charge is 0.250 e. The summed E-state index contributed by atoms with van der Waals surface area (Å²) in [6.45, 7) is 3.91. The highest BCUT2D eigenvalue weighted by Crippen LogP contribution is 2.19. The van der Waals surface area contributed by atoms with Crippen molar-refractivity contribution in [3.05, 3.63) is 29.2 Å². The van der Waals surface area contributed by atoms with Crippen LogP contribution in [0.2, 0.25) is 0 Å². The molecular weight excluding hydrogens is 212 g/mol. The molecule has 5 heteroatoms. The quantitative estimate of drug-likeness (QED) is 0.732. The number of nitrogens with zero attached hydrogens (tertiary/aromatic N) is 4. The molecule has 0 aliphatic carbocycles. The van der Waals surface area contributed by atoms with Gasteiger partial charge in [-0.25, -0.2) is 4.68 Å². The first-order valence-electron chi connectivity index (χ1n) is 4.74. The molecule has 0 aliphatic rings. The Balaban J connectivity index is 2.61. The van der Waals surface area contributed by atoms with Crippen LogP contribution in [0.15, 0.2) is 12.3 Å². The molecule has 2 rings (SSSR count). The molecule has 0 spiro atoms. The second kappa shape index (κ2) is 3.70. The zero-order valence-electron chi connectivity index (χ0n) is 9.03. The molecule has 0 N–H and O–H groups in total. The molecule has 0 amide bonds. The summed E-state index contributed by atoms with van der Waals surface area (Å²) in [5, 5.41) is 8.70. The lowest BCUT2D eigenvalue weighted by Crippen LogP contribution is -2.05. The monoisotopic (exact) mass is 224 g/mol. The van der Waals surface area contributed by atoms with Gasteiger partial charge in [0.2, 0.25) is 0 Å². The summed E-state index contributed by atoms with van der Waals surface area (Å²) in [6.07, 6.45) is 1.92. The SMILES string of the molecule is Cc1ccn(-c2c(CCl)c(C)nn2C)n1. The van der Waals surface area contributed by atoms with Gasteiger partial charge in [0.05, 0.1) is 17.3 Å². The minimum absolute atomic E-state index is 0.452. The van der Waals surface area contributed by atoms with E-state index in [9.17, 15) is 0 Å². The molecule has 0 saturated heterocycles. The summed E-state index contributed by atoms with van der Waals surface area (Å²) in [4.78, 5) is 0. The van der Waals surface area contributed by atoms with Crippen molar-refractivity contribution in [1.29, 1.82) is 0 Å². The predicted molar refractivity (Wildman–Crippen MR) is 59.4 cm³/mol. The highest BCUT2D eigenvalue weighted by atomic mass is 35.5. The molecule has 0 atom stereocenters. The van der Waals surface area contributed by atoms with E-state index in [0.717, 1.165) is 22.8 Å². The fraction of sp³-hybridized carbons (Fsp3) is 0.400. The Kier molecular flexibility index (Phi) is 2.52. The maximum absolute atomic E-state index is 5.91. The van der Waals surface area contributed by atoms with E-state index >= 15 is 0 Å². The molecule has 0 saturated carbocycles. The first kappa shape index (κ1) is 10.2. The van der Waals surface area contributed by atoms with E-state index in [4.69, 9.17) is 11.6 Å². The average Bonchev–Trinajstić information content (AvgIpc) is 2.70. The van der Waals surface area contributed by atoms with Crippen LogP contribution in [-0.2, 0) is 12.9 Å². The number of hydrogen-bond acceptors (Lipinski definition) is 2. The molecule has 4 nitrogen and oxygen atoms in total. The number of aromatic nitrogens is 4. The van der Waals surface area contributed by atoms with Crippen molar-refractivity contribution in [3.63, 3.8) is 0 Å². The van der Waals surface area contributed by atoms with Crippen molar-refractivity contribution < 1.29 is 0 Å². The summed E-state index contributed by atoms with van der Waals surface area (Å²) in [7, 11) is 1.90. The molecule has 0 fully saturated rings. The minimum atomic E-state index is 0.452. The predicted octanol–water partition coefficient (Wildman–Crippen LogP) is 1.96. The summed E-state index contributed by atoms with van der Waals surface area (Å²) in [5.74, 6) is 1.39. The van der Waals surface area contributed by atoms with Crippen LogP contribution in [0, 0.1) is 13.8 Å². The first-order chi connectivity index (χ1) is 7.13. The topological polar surface area (TPSA) is 35.6 Å². The van der Waals surface area contributed by atoms with Crippen molar-refractivity contribution in [3.8, 4) is 5.82 Å². The van der Waals surface area contributed by atoms with E-state index in [1.165, 1.54) is 0 Å². The van der Waals surface area contributed by atoms with Gasteiger partial charge < -0.3 is 0 Å². The fourth-order valence-corrected chi connectivity index (χ4v) is 1.98. The minimum Gasteiger partial charge on any atom is -0.250 e. The molecular formula is C10H13ClN4. The normalized spacial score (nSPS) is 10.9. The molecule has 2 aromatic rings. The molecule has 0 aromatic carbocycles. The summed E-state index contributed by atoms with van der Waals surface area (Å²) >= 11 is 5.91. The third-order valence-electron chi connectivity index (χ3n) is 2.39. The Morgan fingerprint density at radius 3 is 2.60 bits per heavy atom. The molecule has 0 radical (unpaired) electrons. The van der Waals surface area contributed by atoms with Crippen molar-refractivity contribution in [2.75, 3.05) is 0 Å². The molecule has 0 unspecified atom stereocenters. The van der Waals surface area contributed by atoms with E-state index in [1.54, 1.807) is 4.68 Å². The van der Waals surface area contributed by atoms with Gasteiger partial charge in [0.25, 0.3) is 0 Å². The Hall–Kier alpha value is -1.29. The highest BCUT2D eigenvalue weighted by Gasteiger charge is 2.14. The van der Waals surface area contributed by atoms with Gasteiger partial charge in [-0.1, -0.05) is 0 Å². The molecule has 15 heavy (non-hydrogen) atoms. The van der Waals surface area contributed by atoms with Crippen LogP contribution in [0.5, 0.6) is 0 Å². The fourth-order valence-electron chi connectivity index (χ4n) is 1.67. The molecule has 2 heterocycles. The number of rotatable bonds is 2. The van der Waals surface area contributed by atoms with E-state index in [-0.39, 0.29) is 0 Å². The van der Waals surface area contributed by atoms with E-state index in [1.807, 2.05) is 37.8 Å². The van der Waals surface area contributed by atoms with Gasteiger partial charge in [-0.2, -0.15) is 10.2 Å². The highest BCUT2D eigenvalue weighted by molar-refractivity contribution is 6.17. The van der Waals surface area contributed by atoms with Crippen molar-refractivity contribution in [2.45, 2.75) is 19.7 Å². The van der Waals surface area contributed by atoms with Crippen LogP contribution in [0.1, 0.15) is 17.0 Å². The molecule has 2 aromatic heterocycles. The second-order valence-corrected chi connectivity index (χ2v) is 3.81. The van der Waals surface area contributed by atoms with Crippen LogP contribution in [0.3, 0.4) is 0 Å². The third-order valence-corrected chi connectivity index (χ3v) is 2.65. The third kappa shape index (κ3) is 1.65. The van der Waals surface area contributed by atoms with Crippen LogP contribution in [0.25, 0.3) is 5.82 Å². The number of aryl methyl sites for hydroxylation is 3. The number of halogens is 1. The summed E-state index contributed by atoms with van der Waals surface area (Å²) in [6, 6.07) is 1.96. The van der Waals surface area contributed by atoms with Crippen molar-refractivity contribution >= 4 is 11.6 Å². The Labute approximate surface area is 93.5 Å². The first-order valence-corrected chi connectivity index (χ1v) is 5.28. The van der Waals surface area contributed by atoms with Gasteiger partial charge in [-0.3, -0.25) is 4.68 Å². The molecule has 80 valence electrons. The zero-order valence-corrected chi connectivity index (χ0v) is 9.78. The molecule has 0 bridgehead atoms. The van der Waals surface area contributed by atoms with Gasteiger partial charge in [0, 0.05) is 18.8 Å². The Morgan fingerprint density at radius 1 is 1.33 bits per heavy atom.